The van der Waals surface area contributed by atoms with Crippen LogP contribution in [0.5, 0.6) is 0 Å². The zero-order valence-electron chi connectivity index (χ0n) is 22.2. The number of amides is 2. The molecule has 39 heavy (non-hydrogen) atoms. The van der Waals surface area contributed by atoms with Crippen molar-refractivity contribution < 1.29 is 9.59 Å². The topological polar surface area (TPSA) is 56.2 Å². The molecule has 8 heteroatoms. The van der Waals surface area contributed by atoms with Gasteiger partial charge in [0.15, 0.2) is 0 Å². The number of hydrogen-bond acceptors (Lipinski definition) is 4. The van der Waals surface area contributed by atoms with E-state index in [0.717, 1.165) is 30.8 Å². The molecule has 0 saturated carbocycles. The van der Waals surface area contributed by atoms with E-state index in [2.05, 4.69) is 17.0 Å². The van der Waals surface area contributed by atoms with E-state index in [1.807, 2.05) is 67.3 Å². The zero-order valence-corrected chi connectivity index (χ0v) is 23.7. The van der Waals surface area contributed by atoms with Crippen molar-refractivity contribution in [1.82, 2.24) is 4.90 Å². The summed E-state index contributed by atoms with van der Waals surface area (Å²) in [5.74, 6) is -0.306. The molecule has 2 unspecified atom stereocenters. The fourth-order valence-electron chi connectivity index (χ4n) is 5.19. The van der Waals surface area contributed by atoms with Crippen molar-refractivity contribution >= 4 is 52.1 Å². The van der Waals surface area contributed by atoms with E-state index in [1.165, 1.54) is 0 Å². The van der Waals surface area contributed by atoms with E-state index in [0.29, 0.717) is 40.1 Å². The number of benzene rings is 3. The van der Waals surface area contributed by atoms with Gasteiger partial charge in [-0.05, 0) is 42.3 Å². The Labute approximate surface area is 239 Å². The molecule has 0 aromatic heterocycles. The minimum atomic E-state index is -0.657. The number of nitrogens with zero attached hydrogens (tertiary/aromatic N) is 4. The average molecular weight is 564 g/mol. The molecule has 0 N–H and O–H groups in total. The van der Waals surface area contributed by atoms with Crippen molar-refractivity contribution in [2.75, 3.05) is 42.5 Å². The van der Waals surface area contributed by atoms with Crippen LogP contribution in [0, 0.1) is 5.92 Å². The second-order valence-electron chi connectivity index (χ2n) is 10.1. The van der Waals surface area contributed by atoms with Crippen LogP contribution in [0.1, 0.15) is 31.4 Å². The number of carbonyl (C=O) groups is 2. The van der Waals surface area contributed by atoms with Gasteiger partial charge < -0.3 is 14.7 Å². The molecule has 1 fully saturated rings. The minimum Gasteiger partial charge on any atom is -0.368 e. The Balaban J connectivity index is 1.47. The van der Waals surface area contributed by atoms with Gasteiger partial charge in [0.05, 0.1) is 11.4 Å². The summed E-state index contributed by atoms with van der Waals surface area (Å²) in [6.45, 7) is 6.67. The number of anilines is 2. The van der Waals surface area contributed by atoms with Gasteiger partial charge in [-0.1, -0.05) is 79.9 Å². The first-order valence-corrected chi connectivity index (χ1v) is 14.1. The van der Waals surface area contributed by atoms with Crippen LogP contribution < -0.4 is 9.80 Å². The van der Waals surface area contributed by atoms with Crippen LogP contribution in [0.25, 0.3) is 0 Å². The number of halogens is 2. The van der Waals surface area contributed by atoms with Crippen molar-refractivity contribution in [3.8, 4) is 0 Å². The molecular weight excluding hydrogens is 531 g/mol. The summed E-state index contributed by atoms with van der Waals surface area (Å²) in [6.07, 6.45) is 0.760. The molecule has 3 aromatic rings. The molecule has 1 saturated heterocycles. The van der Waals surface area contributed by atoms with Gasteiger partial charge in [-0.2, -0.15) is 0 Å². The molecule has 0 spiro atoms. The number of hydrogen-bond donors (Lipinski definition) is 0. The lowest BCUT2D eigenvalue weighted by atomic mass is 9.97. The average Bonchev–Trinajstić information content (AvgIpc) is 3.07. The van der Waals surface area contributed by atoms with Gasteiger partial charge in [-0.15, -0.1) is 0 Å². The first-order valence-electron chi connectivity index (χ1n) is 13.4. The molecule has 2 aliphatic rings. The predicted octanol–water partition coefficient (Wildman–Crippen LogP) is 5.94. The smallest absolute Gasteiger partial charge is 0.252 e. The molecule has 2 atom stereocenters. The molecule has 2 aliphatic heterocycles. The Hall–Kier alpha value is -3.35. The molecule has 0 radical (unpaired) electrons. The second kappa shape index (κ2) is 11.8. The van der Waals surface area contributed by atoms with Crippen molar-refractivity contribution in [2.45, 2.75) is 26.3 Å². The highest BCUT2D eigenvalue weighted by Crippen LogP contribution is 2.34. The Kier molecular flexibility index (Phi) is 8.24. The van der Waals surface area contributed by atoms with Crippen LogP contribution >= 0.6 is 23.2 Å². The Bertz CT molecular complexity index is 1390. The summed E-state index contributed by atoms with van der Waals surface area (Å²) >= 11 is 13.1. The molecule has 0 aliphatic carbocycles. The summed E-state index contributed by atoms with van der Waals surface area (Å²) in [7, 11) is 0. The SMILES string of the molecule is CCC(C)C1N=C(c2ccccc2Cl)c2cc(Cl)ccc2N(CC(=O)N2CCN(c3ccccc3)CC2)C1=O. The maximum atomic E-state index is 14.1. The first kappa shape index (κ1) is 27.2. The van der Waals surface area contributed by atoms with Crippen LogP contribution in [0.15, 0.2) is 77.8 Å². The Morgan fingerprint density at radius 1 is 0.949 bits per heavy atom. The quantitative estimate of drug-likeness (QED) is 0.373. The lowest BCUT2D eigenvalue weighted by Gasteiger charge is -2.37. The molecule has 202 valence electrons. The highest BCUT2D eigenvalue weighted by molar-refractivity contribution is 6.37. The highest BCUT2D eigenvalue weighted by Gasteiger charge is 2.37. The lowest BCUT2D eigenvalue weighted by molar-refractivity contribution is -0.132. The van der Waals surface area contributed by atoms with Gasteiger partial charge in [-0.25, -0.2) is 0 Å². The number of fused-ring (bicyclic) bond motifs is 1. The molecule has 6 nitrogen and oxygen atoms in total. The van der Waals surface area contributed by atoms with Crippen LogP contribution in [0.4, 0.5) is 11.4 Å². The van der Waals surface area contributed by atoms with Gasteiger partial charge in [0.1, 0.15) is 12.6 Å². The van der Waals surface area contributed by atoms with Gasteiger partial charge >= 0.3 is 0 Å². The lowest BCUT2D eigenvalue weighted by Crippen LogP contribution is -2.53. The molecule has 3 aromatic carbocycles. The van der Waals surface area contributed by atoms with Gasteiger partial charge in [-0.3, -0.25) is 14.6 Å². The fraction of sp³-hybridized carbons (Fsp3) is 0.323. The van der Waals surface area contributed by atoms with Crippen LogP contribution in [0.2, 0.25) is 10.0 Å². The first-order chi connectivity index (χ1) is 18.9. The number of aliphatic imine (C=N–C) groups is 1. The Morgan fingerprint density at radius 2 is 1.64 bits per heavy atom. The third-order valence-corrected chi connectivity index (χ3v) is 8.22. The number of carbonyl (C=O) groups excluding carboxylic acids is 2. The summed E-state index contributed by atoms with van der Waals surface area (Å²) in [5, 5.41) is 1.06. The Morgan fingerprint density at radius 3 is 2.33 bits per heavy atom. The summed E-state index contributed by atoms with van der Waals surface area (Å²) in [5.41, 5.74) is 3.80. The number of rotatable bonds is 6. The predicted molar refractivity (Wildman–Crippen MR) is 159 cm³/mol. The van der Waals surface area contributed by atoms with Gasteiger partial charge in [0.2, 0.25) is 5.91 Å². The van der Waals surface area contributed by atoms with E-state index in [-0.39, 0.29) is 24.3 Å². The van der Waals surface area contributed by atoms with E-state index in [9.17, 15) is 9.59 Å². The van der Waals surface area contributed by atoms with Crippen molar-refractivity contribution in [3.63, 3.8) is 0 Å². The largest absolute Gasteiger partial charge is 0.368 e. The molecule has 0 bridgehead atoms. The highest BCUT2D eigenvalue weighted by atomic mass is 35.5. The van der Waals surface area contributed by atoms with Gasteiger partial charge in [0, 0.05) is 53.0 Å². The third-order valence-electron chi connectivity index (χ3n) is 7.65. The number of benzodiazepines with no additional fused rings is 1. The fourth-order valence-corrected chi connectivity index (χ4v) is 5.59. The molecule has 2 amide bonds. The number of para-hydroxylation sites is 1. The van der Waals surface area contributed by atoms with Crippen LogP contribution in [-0.2, 0) is 9.59 Å². The summed E-state index contributed by atoms with van der Waals surface area (Å²) in [4.78, 5) is 38.4. The molecular formula is C31H32Cl2N4O2. The van der Waals surface area contributed by atoms with E-state index >= 15 is 0 Å². The van der Waals surface area contributed by atoms with Crippen LogP contribution in [-0.4, -0.2) is 61.2 Å². The maximum Gasteiger partial charge on any atom is 0.252 e. The van der Waals surface area contributed by atoms with Crippen molar-refractivity contribution in [1.29, 1.82) is 0 Å². The zero-order chi connectivity index (χ0) is 27.5. The minimum absolute atomic E-state index is 0.0354. The monoisotopic (exact) mass is 562 g/mol. The number of piperazine rings is 1. The normalized spacial score (nSPS) is 18.4. The van der Waals surface area contributed by atoms with Crippen molar-refractivity contribution in [2.24, 2.45) is 10.9 Å². The van der Waals surface area contributed by atoms with Crippen molar-refractivity contribution in [3.05, 3.63) is 94.0 Å². The van der Waals surface area contributed by atoms with Crippen LogP contribution in [0.3, 0.4) is 0 Å². The summed E-state index contributed by atoms with van der Waals surface area (Å²) in [6, 6.07) is 22.4. The molecule has 2 heterocycles. The second-order valence-corrected chi connectivity index (χ2v) is 10.9. The van der Waals surface area contributed by atoms with Gasteiger partial charge in [0.25, 0.3) is 5.91 Å². The maximum absolute atomic E-state index is 14.1. The summed E-state index contributed by atoms with van der Waals surface area (Å²) < 4.78 is 0. The van der Waals surface area contributed by atoms with E-state index in [1.54, 1.807) is 17.0 Å². The van der Waals surface area contributed by atoms with E-state index in [4.69, 9.17) is 28.2 Å². The standard InChI is InChI=1S/C31H32Cl2N4O2/c1-3-21(2)29-31(39)37(20-28(38)36-17-15-35(16-18-36)23-9-5-4-6-10-23)27-14-13-22(32)19-25(27)30(34-29)24-11-7-8-12-26(24)33/h4-14,19,21,29H,3,15-18,20H2,1-2H3. The molecule has 5 rings (SSSR count). The van der Waals surface area contributed by atoms with E-state index < -0.39 is 6.04 Å². The third kappa shape index (κ3) is 5.68.